The van der Waals surface area contributed by atoms with Crippen LogP contribution in [0.5, 0.6) is 0 Å². The van der Waals surface area contributed by atoms with Crippen molar-refractivity contribution in [3.05, 3.63) is 0 Å². The Morgan fingerprint density at radius 3 is 2.33 bits per heavy atom. The van der Waals surface area contributed by atoms with E-state index in [-0.39, 0.29) is 0 Å². The van der Waals surface area contributed by atoms with Crippen molar-refractivity contribution in [2.24, 2.45) is 5.92 Å². The van der Waals surface area contributed by atoms with Gasteiger partial charge in [-0.1, -0.05) is 27.2 Å². The van der Waals surface area contributed by atoms with E-state index >= 15 is 0 Å². The van der Waals surface area contributed by atoms with Gasteiger partial charge in [-0.15, -0.1) is 0 Å². The third kappa shape index (κ3) is 4.76. The van der Waals surface area contributed by atoms with E-state index in [1.165, 1.54) is 25.7 Å². The second-order valence-corrected chi connectivity index (χ2v) is 3.38. The van der Waals surface area contributed by atoms with Crippen LogP contribution in [0.1, 0.15) is 53.4 Å². The SMILES string of the molecule is CC.CCCC1CCC(C)OC1. The summed E-state index contributed by atoms with van der Waals surface area (Å²) in [5.41, 5.74) is 0. The maximum absolute atomic E-state index is 5.54. The van der Waals surface area contributed by atoms with Gasteiger partial charge in [0.05, 0.1) is 6.10 Å². The zero-order chi connectivity index (χ0) is 9.40. The lowest BCUT2D eigenvalue weighted by Crippen LogP contribution is -2.23. The molecule has 12 heavy (non-hydrogen) atoms. The molecule has 1 heterocycles. The number of ether oxygens (including phenoxy) is 1. The monoisotopic (exact) mass is 172 g/mol. The van der Waals surface area contributed by atoms with E-state index in [0.29, 0.717) is 6.10 Å². The van der Waals surface area contributed by atoms with Gasteiger partial charge < -0.3 is 4.74 Å². The fraction of sp³-hybridized carbons (Fsp3) is 1.00. The first-order valence-electron chi connectivity index (χ1n) is 5.44. The lowest BCUT2D eigenvalue weighted by Gasteiger charge is -2.26. The zero-order valence-electron chi connectivity index (χ0n) is 9.10. The Hall–Kier alpha value is -0.0400. The van der Waals surface area contributed by atoms with Gasteiger partial charge in [0.25, 0.3) is 0 Å². The standard InChI is InChI=1S/C9H18O.C2H6/c1-3-4-9-6-5-8(2)10-7-9;1-2/h8-9H,3-7H2,1-2H3;1-2H3. The van der Waals surface area contributed by atoms with Gasteiger partial charge in [0, 0.05) is 6.61 Å². The van der Waals surface area contributed by atoms with Crippen LogP contribution < -0.4 is 0 Å². The Labute approximate surface area is 77.5 Å². The molecule has 0 aliphatic carbocycles. The third-order valence-electron chi connectivity index (χ3n) is 2.29. The molecule has 0 spiro atoms. The van der Waals surface area contributed by atoms with Crippen LogP contribution in [0.4, 0.5) is 0 Å². The topological polar surface area (TPSA) is 9.23 Å². The molecule has 0 N–H and O–H groups in total. The molecule has 1 aliphatic heterocycles. The maximum atomic E-state index is 5.54. The first-order chi connectivity index (χ1) is 5.83. The molecule has 1 heteroatoms. The van der Waals surface area contributed by atoms with Crippen LogP contribution in [0.3, 0.4) is 0 Å². The average molecular weight is 172 g/mol. The molecule has 0 amide bonds. The molecule has 0 aromatic heterocycles. The predicted octanol–water partition coefficient (Wildman–Crippen LogP) is 3.63. The third-order valence-corrected chi connectivity index (χ3v) is 2.29. The molecule has 2 atom stereocenters. The molecule has 0 aromatic carbocycles. The van der Waals surface area contributed by atoms with Gasteiger partial charge in [0.15, 0.2) is 0 Å². The van der Waals surface area contributed by atoms with Crippen LogP contribution in [-0.2, 0) is 4.74 Å². The van der Waals surface area contributed by atoms with E-state index in [1.54, 1.807) is 0 Å². The van der Waals surface area contributed by atoms with Crippen LogP contribution in [0.25, 0.3) is 0 Å². The quantitative estimate of drug-likeness (QED) is 0.618. The first kappa shape index (κ1) is 12.0. The average Bonchev–Trinajstić information content (AvgIpc) is 2.13. The van der Waals surface area contributed by atoms with E-state index in [9.17, 15) is 0 Å². The Bertz CT molecular complexity index is 83.0. The van der Waals surface area contributed by atoms with E-state index in [0.717, 1.165) is 12.5 Å². The predicted molar refractivity (Wildman–Crippen MR) is 54.4 cm³/mol. The maximum Gasteiger partial charge on any atom is 0.0547 e. The Kier molecular flexibility index (Phi) is 7.58. The van der Waals surface area contributed by atoms with E-state index in [2.05, 4.69) is 13.8 Å². The molecule has 1 nitrogen and oxygen atoms in total. The van der Waals surface area contributed by atoms with Crippen molar-refractivity contribution in [2.75, 3.05) is 6.61 Å². The number of hydrogen-bond acceptors (Lipinski definition) is 1. The summed E-state index contributed by atoms with van der Waals surface area (Å²) in [6.45, 7) is 9.43. The van der Waals surface area contributed by atoms with E-state index in [1.807, 2.05) is 13.8 Å². The van der Waals surface area contributed by atoms with Crippen molar-refractivity contribution in [3.8, 4) is 0 Å². The molecule has 74 valence electrons. The molecule has 1 aliphatic rings. The number of rotatable bonds is 2. The van der Waals surface area contributed by atoms with Crippen LogP contribution in [0.15, 0.2) is 0 Å². The minimum atomic E-state index is 0.521. The minimum absolute atomic E-state index is 0.521. The molecular formula is C11H24O. The summed E-state index contributed by atoms with van der Waals surface area (Å²) in [5, 5.41) is 0. The van der Waals surface area contributed by atoms with Crippen LogP contribution in [0.2, 0.25) is 0 Å². The lowest BCUT2D eigenvalue weighted by atomic mass is 9.95. The second kappa shape index (κ2) is 7.60. The molecule has 0 bridgehead atoms. The van der Waals surface area contributed by atoms with Gasteiger partial charge in [-0.05, 0) is 32.1 Å². The van der Waals surface area contributed by atoms with Crippen LogP contribution in [0, 0.1) is 5.92 Å². The van der Waals surface area contributed by atoms with Gasteiger partial charge in [0.1, 0.15) is 0 Å². The highest BCUT2D eigenvalue weighted by Crippen LogP contribution is 2.21. The summed E-state index contributed by atoms with van der Waals surface area (Å²) in [6, 6.07) is 0. The van der Waals surface area contributed by atoms with Gasteiger partial charge in [0.2, 0.25) is 0 Å². The molecule has 0 radical (unpaired) electrons. The largest absolute Gasteiger partial charge is 0.378 e. The Balaban J connectivity index is 0.000000561. The van der Waals surface area contributed by atoms with Crippen molar-refractivity contribution in [2.45, 2.75) is 59.5 Å². The normalized spacial score (nSPS) is 29.0. The van der Waals surface area contributed by atoms with Gasteiger partial charge >= 0.3 is 0 Å². The summed E-state index contributed by atoms with van der Waals surface area (Å²) in [6.07, 6.45) is 5.84. The molecule has 1 rings (SSSR count). The minimum Gasteiger partial charge on any atom is -0.378 e. The number of hydrogen-bond donors (Lipinski definition) is 0. The summed E-state index contributed by atoms with van der Waals surface area (Å²) >= 11 is 0. The molecule has 0 aromatic rings. The van der Waals surface area contributed by atoms with E-state index in [4.69, 9.17) is 4.74 Å². The highest BCUT2D eigenvalue weighted by molar-refractivity contribution is 4.66. The van der Waals surface area contributed by atoms with Crippen molar-refractivity contribution in [1.82, 2.24) is 0 Å². The summed E-state index contributed by atoms with van der Waals surface area (Å²) in [4.78, 5) is 0. The highest BCUT2D eigenvalue weighted by Gasteiger charge is 2.16. The van der Waals surface area contributed by atoms with Crippen molar-refractivity contribution < 1.29 is 4.74 Å². The van der Waals surface area contributed by atoms with Gasteiger partial charge in [-0.2, -0.15) is 0 Å². The molecule has 1 saturated heterocycles. The summed E-state index contributed by atoms with van der Waals surface area (Å²) < 4.78 is 5.54. The van der Waals surface area contributed by atoms with Crippen molar-refractivity contribution in [3.63, 3.8) is 0 Å². The van der Waals surface area contributed by atoms with Crippen molar-refractivity contribution in [1.29, 1.82) is 0 Å². The zero-order valence-corrected chi connectivity index (χ0v) is 9.10. The molecule has 2 unspecified atom stereocenters. The molecular weight excluding hydrogens is 148 g/mol. The van der Waals surface area contributed by atoms with Gasteiger partial charge in [-0.25, -0.2) is 0 Å². The summed E-state index contributed by atoms with van der Waals surface area (Å²) in [7, 11) is 0. The fourth-order valence-corrected chi connectivity index (χ4v) is 1.57. The second-order valence-electron chi connectivity index (χ2n) is 3.38. The first-order valence-corrected chi connectivity index (χ1v) is 5.44. The van der Waals surface area contributed by atoms with Crippen LogP contribution in [-0.4, -0.2) is 12.7 Å². The smallest absolute Gasteiger partial charge is 0.0547 e. The fourth-order valence-electron chi connectivity index (χ4n) is 1.57. The summed E-state index contributed by atoms with van der Waals surface area (Å²) in [5.74, 6) is 0.862. The lowest BCUT2D eigenvalue weighted by molar-refractivity contribution is -0.00721. The Morgan fingerprint density at radius 2 is 1.92 bits per heavy atom. The molecule has 1 fully saturated rings. The molecule has 0 saturated carbocycles. The van der Waals surface area contributed by atoms with Gasteiger partial charge in [-0.3, -0.25) is 0 Å². The highest BCUT2D eigenvalue weighted by atomic mass is 16.5. The van der Waals surface area contributed by atoms with Crippen molar-refractivity contribution >= 4 is 0 Å². The van der Waals surface area contributed by atoms with E-state index < -0.39 is 0 Å². The van der Waals surface area contributed by atoms with Crippen LogP contribution >= 0.6 is 0 Å². The Morgan fingerprint density at radius 1 is 1.25 bits per heavy atom.